The Hall–Kier alpha value is -1.88. The van der Waals surface area contributed by atoms with E-state index in [-0.39, 0.29) is 17.7 Å². The standard InChI is InChI=1S/C13H16N2O3/c1-8(14-2)13(17)9-3-4-11-10(7-9)15-12(16)5-6-18-11/h3-4,7-8,14H,5-6H2,1-2H3,(H,15,16). The van der Waals surface area contributed by atoms with Crippen molar-refractivity contribution in [2.75, 3.05) is 19.0 Å². The summed E-state index contributed by atoms with van der Waals surface area (Å²) < 4.78 is 5.43. The van der Waals surface area contributed by atoms with Gasteiger partial charge in [0.15, 0.2) is 5.78 Å². The van der Waals surface area contributed by atoms with Gasteiger partial charge < -0.3 is 15.4 Å². The van der Waals surface area contributed by atoms with Gasteiger partial charge in [0.05, 0.1) is 24.8 Å². The fourth-order valence-electron chi connectivity index (χ4n) is 1.75. The van der Waals surface area contributed by atoms with Gasteiger partial charge in [0.2, 0.25) is 5.91 Å². The van der Waals surface area contributed by atoms with Gasteiger partial charge in [0.1, 0.15) is 5.75 Å². The maximum absolute atomic E-state index is 12.0. The largest absolute Gasteiger partial charge is 0.491 e. The van der Waals surface area contributed by atoms with Gasteiger partial charge in [0, 0.05) is 5.56 Å². The van der Waals surface area contributed by atoms with Gasteiger partial charge in [-0.2, -0.15) is 0 Å². The fourth-order valence-corrected chi connectivity index (χ4v) is 1.75. The number of fused-ring (bicyclic) bond motifs is 1. The van der Waals surface area contributed by atoms with E-state index in [2.05, 4.69) is 10.6 Å². The van der Waals surface area contributed by atoms with Crippen molar-refractivity contribution in [1.29, 1.82) is 0 Å². The molecule has 5 nitrogen and oxygen atoms in total. The van der Waals surface area contributed by atoms with Crippen LogP contribution >= 0.6 is 0 Å². The smallest absolute Gasteiger partial charge is 0.227 e. The van der Waals surface area contributed by atoms with Crippen molar-refractivity contribution in [2.24, 2.45) is 0 Å². The Bertz CT molecular complexity index is 485. The zero-order valence-corrected chi connectivity index (χ0v) is 10.4. The molecule has 0 radical (unpaired) electrons. The third-order valence-electron chi connectivity index (χ3n) is 2.95. The molecule has 1 heterocycles. The molecule has 0 bridgehead atoms. The van der Waals surface area contributed by atoms with E-state index in [1.165, 1.54) is 0 Å². The van der Waals surface area contributed by atoms with E-state index < -0.39 is 0 Å². The first-order valence-corrected chi connectivity index (χ1v) is 5.90. The zero-order valence-electron chi connectivity index (χ0n) is 10.4. The molecular formula is C13H16N2O3. The SMILES string of the molecule is CNC(C)C(=O)c1ccc2c(c1)NC(=O)CCO2. The molecule has 1 aliphatic rings. The minimum Gasteiger partial charge on any atom is -0.491 e. The van der Waals surface area contributed by atoms with Crippen molar-refractivity contribution in [1.82, 2.24) is 5.32 Å². The Morgan fingerprint density at radius 3 is 3.00 bits per heavy atom. The van der Waals surface area contributed by atoms with Crippen molar-refractivity contribution in [3.63, 3.8) is 0 Å². The Kier molecular flexibility index (Phi) is 3.62. The Morgan fingerprint density at radius 1 is 1.50 bits per heavy atom. The third kappa shape index (κ3) is 2.51. The summed E-state index contributed by atoms with van der Waals surface area (Å²) in [4.78, 5) is 23.4. The maximum Gasteiger partial charge on any atom is 0.227 e. The van der Waals surface area contributed by atoms with Crippen molar-refractivity contribution >= 4 is 17.4 Å². The summed E-state index contributed by atoms with van der Waals surface area (Å²) in [6.07, 6.45) is 0.324. The molecule has 1 atom stereocenters. The molecular weight excluding hydrogens is 232 g/mol. The van der Waals surface area contributed by atoms with Gasteiger partial charge in [-0.15, -0.1) is 0 Å². The summed E-state index contributed by atoms with van der Waals surface area (Å²) in [6.45, 7) is 2.15. The number of likely N-dealkylation sites (N-methyl/N-ethyl adjacent to an activating group) is 1. The highest BCUT2D eigenvalue weighted by Crippen LogP contribution is 2.28. The minimum absolute atomic E-state index is 0.0150. The van der Waals surface area contributed by atoms with Crippen molar-refractivity contribution in [3.8, 4) is 5.75 Å². The molecule has 0 fully saturated rings. The number of benzene rings is 1. The number of hydrogen-bond acceptors (Lipinski definition) is 4. The molecule has 1 aliphatic heterocycles. The number of amides is 1. The highest BCUT2D eigenvalue weighted by atomic mass is 16.5. The molecule has 1 amide bonds. The summed E-state index contributed by atoms with van der Waals surface area (Å²) in [7, 11) is 1.73. The molecule has 96 valence electrons. The number of carbonyl (C=O) groups is 2. The second-order valence-corrected chi connectivity index (χ2v) is 4.23. The van der Waals surface area contributed by atoms with Crippen LogP contribution < -0.4 is 15.4 Å². The summed E-state index contributed by atoms with van der Waals surface area (Å²) in [5, 5.41) is 5.63. The summed E-state index contributed by atoms with van der Waals surface area (Å²) in [5.41, 5.74) is 1.12. The number of rotatable bonds is 3. The van der Waals surface area contributed by atoms with Crippen LogP contribution in [0.25, 0.3) is 0 Å². The van der Waals surface area contributed by atoms with Gasteiger partial charge in [-0.25, -0.2) is 0 Å². The van der Waals surface area contributed by atoms with Crippen LogP contribution in [0.5, 0.6) is 5.75 Å². The fraction of sp³-hybridized carbons (Fsp3) is 0.385. The summed E-state index contributed by atoms with van der Waals surface area (Å²) in [5.74, 6) is 0.494. The van der Waals surface area contributed by atoms with E-state index >= 15 is 0 Å². The topological polar surface area (TPSA) is 67.4 Å². The molecule has 18 heavy (non-hydrogen) atoms. The molecule has 5 heteroatoms. The second-order valence-electron chi connectivity index (χ2n) is 4.23. The second kappa shape index (κ2) is 5.18. The van der Waals surface area contributed by atoms with E-state index in [1.807, 2.05) is 0 Å². The lowest BCUT2D eigenvalue weighted by molar-refractivity contribution is -0.116. The minimum atomic E-state index is -0.259. The lowest BCUT2D eigenvalue weighted by atomic mass is 10.0. The molecule has 0 aliphatic carbocycles. The van der Waals surface area contributed by atoms with Crippen LogP contribution in [0.1, 0.15) is 23.7 Å². The first-order valence-electron chi connectivity index (χ1n) is 5.90. The first-order chi connectivity index (χ1) is 8.61. The normalized spacial score (nSPS) is 16.0. The molecule has 1 aromatic rings. The van der Waals surface area contributed by atoms with E-state index in [4.69, 9.17) is 4.74 Å². The lowest BCUT2D eigenvalue weighted by Crippen LogP contribution is -2.30. The molecule has 0 saturated heterocycles. The number of ketones is 1. The highest BCUT2D eigenvalue weighted by molar-refractivity contribution is 6.02. The average Bonchev–Trinajstić information content (AvgIpc) is 2.56. The molecule has 0 aromatic heterocycles. The summed E-state index contributed by atoms with van der Waals surface area (Å²) >= 11 is 0. The maximum atomic E-state index is 12.0. The predicted octanol–water partition coefficient (Wildman–Crippen LogP) is 1.20. The van der Waals surface area contributed by atoms with Gasteiger partial charge in [-0.05, 0) is 32.2 Å². The first kappa shape index (κ1) is 12.6. The van der Waals surface area contributed by atoms with Gasteiger partial charge in [-0.3, -0.25) is 9.59 Å². The molecule has 2 N–H and O–H groups in total. The van der Waals surface area contributed by atoms with Gasteiger partial charge in [0.25, 0.3) is 0 Å². The number of carbonyl (C=O) groups excluding carboxylic acids is 2. The number of Topliss-reactive ketones (excluding diaryl/α,β-unsaturated/α-hetero) is 1. The Morgan fingerprint density at radius 2 is 2.28 bits per heavy atom. The van der Waals surface area contributed by atoms with Crippen LogP contribution in [-0.2, 0) is 4.79 Å². The van der Waals surface area contributed by atoms with Crippen molar-refractivity contribution < 1.29 is 14.3 Å². The van der Waals surface area contributed by atoms with Crippen LogP contribution in [0, 0.1) is 0 Å². The number of ether oxygens (including phenoxy) is 1. The lowest BCUT2D eigenvalue weighted by Gasteiger charge is -2.12. The molecule has 2 rings (SSSR count). The van der Waals surface area contributed by atoms with Crippen LogP contribution in [-0.4, -0.2) is 31.4 Å². The average molecular weight is 248 g/mol. The predicted molar refractivity (Wildman–Crippen MR) is 68.0 cm³/mol. The number of hydrogen-bond donors (Lipinski definition) is 2. The summed E-state index contributed by atoms with van der Waals surface area (Å²) in [6, 6.07) is 4.84. The van der Waals surface area contributed by atoms with Crippen LogP contribution in [0.2, 0.25) is 0 Å². The van der Waals surface area contributed by atoms with E-state index in [1.54, 1.807) is 32.2 Å². The van der Waals surface area contributed by atoms with Gasteiger partial charge in [-0.1, -0.05) is 0 Å². The zero-order chi connectivity index (χ0) is 13.1. The Balaban J connectivity index is 2.31. The van der Waals surface area contributed by atoms with Crippen LogP contribution in [0.4, 0.5) is 5.69 Å². The third-order valence-corrected chi connectivity index (χ3v) is 2.95. The monoisotopic (exact) mass is 248 g/mol. The van der Waals surface area contributed by atoms with Crippen molar-refractivity contribution in [2.45, 2.75) is 19.4 Å². The molecule has 1 aromatic carbocycles. The van der Waals surface area contributed by atoms with Crippen LogP contribution in [0.15, 0.2) is 18.2 Å². The van der Waals surface area contributed by atoms with E-state index in [9.17, 15) is 9.59 Å². The van der Waals surface area contributed by atoms with Gasteiger partial charge >= 0.3 is 0 Å². The highest BCUT2D eigenvalue weighted by Gasteiger charge is 2.18. The number of nitrogens with one attached hydrogen (secondary N) is 2. The molecule has 1 unspecified atom stereocenters. The quantitative estimate of drug-likeness (QED) is 0.789. The Labute approximate surface area is 106 Å². The molecule has 0 saturated carbocycles. The van der Waals surface area contributed by atoms with E-state index in [0.29, 0.717) is 30.0 Å². The number of anilines is 1. The van der Waals surface area contributed by atoms with Crippen molar-refractivity contribution in [3.05, 3.63) is 23.8 Å². The molecule has 0 spiro atoms. The van der Waals surface area contributed by atoms with E-state index in [0.717, 1.165) is 0 Å². The van der Waals surface area contributed by atoms with Crippen LogP contribution in [0.3, 0.4) is 0 Å².